The van der Waals surface area contributed by atoms with Gasteiger partial charge in [0.15, 0.2) is 0 Å². The van der Waals surface area contributed by atoms with Crippen molar-refractivity contribution in [3.63, 3.8) is 0 Å². The van der Waals surface area contributed by atoms with E-state index in [1.807, 2.05) is 91.0 Å². The van der Waals surface area contributed by atoms with Gasteiger partial charge in [-0.3, -0.25) is 4.79 Å². The number of hydrogen-bond acceptors (Lipinski definition) is 11. The predicted molar refractivity (Wildman–Crippen MR) is 213 cm³/mol. The van der Waals surface area contributed by atoms with Gasteiger partial charge in [-0.05, 0) is 16.0 Å². The SMILES string of the molecule is CO.COC(=O)C([NH3+])c1ccccc1.Cl.N#CC(N)c1ccccc1.N/N=N/N=N/N.O=Cc1ccccc1.O=S(Cl)Cl.[C-]#N.[Cl-].[Cl-].[NH3+]C(C(=O)O)c1ccccc1.[Na+]. The third-order valence-corrected chi connectivity index (χ3v) is 5.56. The van der Waals surface area contributed by atoms with Gasteiger partial charge in [0.2, 0.25) is 21.3 Å². The number of halogens is 5. The average molecular weight is 952 g/mol. The van der Waals surface area contributed by atoms with E-state index in [-0.39, 0.29) is 72.7 Å². The summed E-state index contributed by atoms with van der Waals surface area (Å²) in [4.78, 5) is 31.5. The van der Waals surface area contributed by atoms with Crippen LogP contribution in [-0.4, -0.2) is 46.9 Å². The largest absolute Gasteiger partial charge is 1.00 e. The number of carboxylic acids is 1. The van der Waals surface area contributed by atoms with E-state index in [9.17, 15) is 14.4 Å². The number of quaternary nitrogens is 2. The van der Waals surface area contributed by atoms with Crippen LogP contribution in [0.4, 0.5) is 0 Å². The van der Waals surface area contributed by atoms with Crippen molar-refractivity contribution in [3.8, 4) is 6.07 Å². The summed E-state index contributed by atoms with van der Waals surface area (Å²) in [6, 6.07) is 37.1. The number of carbonyl (C=O) groups is 3. The number of methoxy groups -OCH3 is 1. The molecule has 3 atom stereocenters. The smallest absolute Gasteiger partial charge is 1.00 e. The van der Waals surface area contributed by atoms with Crippen molar-refractivity contribution in [1.82, 2.24) is 0 Å². The minimum Gasteiger partial charge on any atom is -1.00 e. The fraction of sp³-hybridized carbons (Fsp3) is 0.147. The molecular weight excluding hydrogens is 907 g/mol. The van der Waals surface area contributed by atoms with Crippen LogP contribution in [0, 0.1) is 23.2 Å². The molecule has 0 aromatic heterocycles. The third-order valence-electron chi connectivity index (χ3n) is 5.56. The number of nitrogens with two attached hydrogens (primary N) is 3. The van der Waals surface area contributed by atoms with E-state index >= 15 is 0 Å². The Morgan fingerprint density at radius 1 is 0.780 bits per heavy atom. The molecule has 4 aromatic rings. The first-order valence-corrected chi connectivity index (χ1v) is 17.6. The van der Waals surface area contributed by atoms with Gasteiger partial charge in [-0.15, -0.1) is 12.4 Å². The van der Waals surface area contributed by atoms with Crippen LogP contribution in [-0.2, 0) is 23.6 Å². The molecule has 0 spiro atoms. The van der Waals surface area contributed by atoms with Crippen LogP contribution in [0.2, 0.25) is 0 Å². The molecule has 320 valence electrons. The molecule has 0 aliphatic carbocycles. The number of carbonyl (C=O) groups excluding carboxylic acids is 2. The summed E-state index contributed by atoms with van der Waals surface area (Å²) in [5.41, 5.74) is 15.9. The van der Waals surface area contributed by atoms with Crippen molar-refractivity contribution in [2.45, 2.75) is 18.1 Å². The zero-order chi connectivity index (χ0) is 42.9. The third kappa shape index (κ3) is 44.7. The first kappa shape index (κ1) is 72.3. The number of aldehydes is 1. The number of aliphatic hydroxyl groups is 1. The van der Waals surface area contributed by atoms with Crippen molar-refractivity contribution in [2.75, 3.05) is 14.2 Å². The Balaban J connectivity index is -0.0000000875. The van der Waals surface area contributed by atoms with Crippen LogP contribution in [0.1, 0.15) is 45.2 Å². The van der Waals surface area contributed by atoms with E-state index in [2.05, 4.69) is 70.1 Å². The van der Waals surface area contributed by atoms with Gasteiger partial charge in [0.1, 0.15) is 12.3 Å². The molecular formula is C34H45Cl5N11NaO7S. The summed E-state index contributed by atoms with van der Waals surface area (Å²) in [7, 11) is 9.72. The van der Waals surface area contributed by atoms with Crippen molar-refractivity contribution < 1.29 is 99.4 Å². The quantitative estimate of drug-likeness (QED) is 0.0134. The normalized spacial score (nSPS) is 9.86. The second kappa shape index (κ2) is 53.7. The minimum absolute atomic E-state index is 0. The Morgan fingerprint density at radius 2 is 1.07 bits per heavy atom. The minimum atomic E-state index is -1.67. The first-order valence-electron chi connectivity index (χ1n) is 14.8. The van der Waals surface area contributed by atoms with Crippen LogP contribution < -0.4 is 83.3 Å². The van der Waals surface area contributed by atoms with Gasteiger partial charge in [0, 0.05) is 45.2 Å². The number of aliphatic hydroxyl groups excluding tert-OH is 1. The fourth-order valence-electron chi connectivity index (χ4n) is 3.10. The first-order chi connectivity index (χ1) is 26.4. The van der Waals surface area contributed by atoms with E-state index in [0.717, 1.165) is 35.6 Å². The molecule has 0 bridgehead atoms. The molecule has 4 rings (SSSR count). The van der Waals surface area contributed by atoms with E-state index in [4.69, 9.17) is 37.3 Å². The summed E-state index contributed by atoms with van der Waals surface area (Å²) in [6.07, 6.45) is 0.833. The average Bonchev–Trinajstić information content (AvgIpc) is 3.25. The van der Waals surface area contributed by atoms with Gasteiger partial charge in [0.05, 0.1) is 13.2 Å². The van der Waals surface area contributed by atoms with Crippen molar-refractivity contribution in [2.24, 2.45) is 38.3 Å². The number of aliphatic carboxylic acids is 1. The topological polar surface area (TPSA) is 348 Å². The Morgan fingerprint density at radius 3 is 1.31 bits per heavy atom. The molecule has 25 heteroatoms. The van der Waals surface area contributed by atoms with Crippen LogP contribution in [0.15, 0.2) is 142 Å². The van der Waals surface area contributed by atoms with Gasteiger partial charge in [-0.1, -0.05) is 132 Å². The molecule has 18 nitrogen and oxygen atoms in total. The van der Waals surface area contributed by atoms with Crippen LogP contribution in [0.25, 0.3) is 0 Å². The zero-order valence-corrected chi connectivity index (χ0v) is 38.6. The van der Waals surface area contributed by atoms with Crippen molar-refractivity contribution in [1.29, 1.82) is 10.5 Å². The second-order valence-corrected chi connectivity index (χ2v) is 11.5. The van der Waals surface area contributed by atoms with E-state index in [1.54, 1.807) is 36.4 Å². The number of ether oxygens (including phenoxy) is 1. The van der Waals surface area contributed by atoms with Gasteiger partial charge in [-0.2, -0.15) is 5.26 Å². The molecule has 14 N–H and O–H groups in total. The molecule has 4 aromatic carbocycles. The van der Waals surface area contributed by atoms with Crippen molar-refractivity contribution in [3.05, 3.63) is 150 Å². The van der Waals surface area contributed by atoms with Gasteiger partial charge < -0.3 is 80.5 Å². The fourth-order valence-corrected chi connectivity index (χ4v) is 3.10. The summed E-state index contributed by atoms with van der Waals surface area (Å²) < 4.78 is 13.7. The van der Waals surface area contributed by atoms with Crippen LogP contribution in [0.3, 0.4) is 0 Å². The van der Waals surface area contributed by atoms with E-state index in [0.29, 0.717) is 0 Å². The molecule has 0 radical (unpaired) electrons. The Hall–Kier alpha value is -4.29. The van der Waals surface area contributed by atoms with E-state index < -0.39 is 33.3 Å². The molecule has 0 aliphatic heterocycles. The van der Waals surface area contributed by atoms with E-state index in [1.165, 1.54) is 7.11 Å². The van der Waals surface area contributed by atoms with Crippen molar-refractivity contribution >= 4 is 61.2 Å². The molecule has 0 aliphatic rings. The van der Waals surface area contributed by atoms with Gasteiger partial charge in [-0.25, -0.2) is 13.8 Å². The predicted octanol–water partition coefficient (Wildman–Crippen LogP) is -5.36. The number of nitrogens with zero attached hydrogens (tertiary/aromatic N) is 6. The Bertz CT molecular complexity index is 1680. The van der Waals surface area contributed by atoms with Crippen LogP contribution in [0.5, 0.6) is 0 Å². The maximum Gasteiger partial charge on any atom is 1.00 e. The number of carboxylic acid groups (broad SMARTS) is 1. The number of hydrogen-bond donors (Lipinski definition) is 7. The second-order valence-electron chi connectivity index (χ2n) is 8.93. The zero-order valence-electron chi connectivity index (χ0n) is 31.9. The van der Waals surface area contributed by atoms with Crippen LogP contribution >= 0.6 is 33.8 Å². The van der Waals surface area contributed by atoms with Gasteiger partial charge in [0.25, 0.3) is 0 Å². The number of esters is 1. The molecule has 59 heavy (non-hydrogen) atoms. The monoisotopic (exact) mass is 949 g/mol. The molecule has 0 fully saturated rings. The molecule has 0 amide bonds. The Labute approximate surface area is 395 Å². The molecule has 3 unspecified atom stereocenters. The molecule has 0 saturated carbocycles. The summed E-state index contributed by atoms with van der Waals surface area (Å²) in [5, 5.41) is 41.3. The number of rotatable bonds is 7. The maximum atomic E-state index is 11.0. The summed E-state index contributed by atoms with van der Waals surface area (Å²) in [6.45, 7) is 4.75. The number of nitriles is 1. The Kier molecular flexibility index (Phi) is 65.9. The molecule has 0 saturated heterocycles. The molecule has 0 heterocycles. The van der Waals surface area contributed by atoms with Gasteiger partial charge >= 0.3 is 41.5 Å². The maximum absolute atomic E-state index is 11.0. The summed E-state index contributed by atoms with van der Waals surface area (Å²) >= 11 is 0. The summed E-state index contributed by atoms with van der Waals surface area (Å²) in [5.74, 6) is 7.73. The number of benzene rings is 4. The standard InChI is InChI=1S/C9H11NO2.C8H8N2.C8H9NO2.C7H6O.CN.CH4O.Cl2OS.3ClH.H4N6.Na/c1-12-9(11)8(10)7-5-3-2-4-6-7;9-6-8(10)7-4-2-1-3-5-7;9-7(8(10)11)6-4-2-1-3-5-6;8-6-7-4-2-1-3-5-7;2*1-2;1-4(2)3;;;;1-3-5-6-4-2;/h2-6,8H,10H2,1H3;1-5,8H,10H2;1-5,7H,9H2,(H,10,11);1-6H;;2H,1H3;;3*1H;(H2,1,4,5)(H2,2,3,6);/q;;;;-1;;;;;;;+1.